The van der Waals surface area contributed by atoms with E-state index in [-0.39, 0.29) is 23.3 Å². The molecule has 8 heteroatoms. The third kappa shape index (κ3) is 6.45. The van der Waals surface area contributed by atoms with E-state index in [4.69, 9.17) is 9.47 Å². The summed E-state index contributed by atoms with van der Waals surface area (Å²) < 4.78 is 38.5. The Labute approximate surface area is 184 Å². The van der Waals surface area contributed by atoms with E-state index in [9.17, 15) is 13.2 Å². The van der Waals surface area contributed by atoms with E-state index in [0.29, 0.717) is 23.6 Å². The lowest BCUT2D eigenvalue weighted by Gasteiger charge is -2.22. The Morgan fingerprint density at radius 2 is 1.71 bits per heavy atom. The lowest BCUT2D eigenvalue weighted by Crippen LogP contribution is -2.36. The van der Waals surface area contributed by atoms with Crippen molar-refractivity contribution in [3.05, 3.63) is 48.0 Å². The molecule has 0 atom stereocenters. The van der Waals surface area contributed by atoms with Crippen LogP contribution in [0.1, 0.15) is 44.1 Å². The lowest BCUT2D eigenvalue weighted by atomic mass is 9.96. The number of nitrogens with one attached hydrogen (secondary N) is 2. The second kappa shape index (κ2) is 10.6. The minimum Gasteiger partial charge on any atom is -0.497 e. The van der Waals surface area contributed by atoms with Gasteiger partial charge in [0.1, 0.15) is 11.5 Å². The van der Waals surface area contributed by atoms with E-state index in [1.54, 1.807) is 49.6 Å². The smallest absolute Gasteiger partial charge is 0.240 e. The molecule has 0 bridgehead atoms. The average molecular weight is 447 g/mol. The van der Waals surface area contributed by atoms with Gasteiger partial charge in [-0.05, 0) is 49.1 Å². The maximum atomic E-state index is 12.6. The molecule has 1 fully saturated rings. The molecule has 1 saturated carbocycles. The first-order chi connectivity index (χ1) is 14.9. The summed E-state index contributed by atoms with van der Waals surface area (Å²) >= 11 is 0. The fraction of sp³-hybridized carbons (Fsp3) is 0.435. The summed E-state index contributed by atoms with van der Waals surface area (Å²) in [6, 6.07) is 11.9. The fourth-order valence-electron chi connectivity index (χ4n) is 3.73. The van der Waals surface area contributed by atoms with Crippen LogP contribution in [0.5, 0.6) is 11.5 Å². The van der Waals surface area contributed by atoms with Crippen LogP contribution >= 0.6 is 0 Å². The topological polar surface area (TPSA) is 93.7 Å². The quantitative estimate of drug-likeness (QED) is 0.610. The first-order valence-electron chi connectivity index (χ1n) is 10.5. The number of hydrogen-bond donors (Lipinski definition) is 2. The van der Waals surface area contributed by atoms with E-state index >= 15 is 0 Å². The van der Waals surface area contributed by atoms with Crippen LogP contribution in [0, 0.1) is 0 Å². The number of ether oxygens (including phenoxy) is 2. The summed E-state index contributed by atoms with van der Waals surface area (Å²) in [5.41, 5.74) is 1.44. The van der Waals surface area contributed by atoms with Gasteiger partial charge >= 0.3 is 0 Å². The molecule has 2 aromatic carbocycles. The average Bonchev–Trinajstić information content (AvgIpc) is 2.78. The van der Waals surface area contributed by atoms with Gasteiger partial charge in [-0.2, -0.15) is 0 Å². The first kappa shape index (κ1) is 23.1. The standard InChI is InChI=1S/C23H30N2O5S/c1-29-19-11-14-22(30-2)21(16-19)24-23(26)15-10-17-8-12-20(13-9-17)31(27,28)25-18-6-4-3-5-7-18/h8-9,11-14,16,18,25H,3-7,10,15H2,1-2H3,(H,24,26). The van der Waals surface area contributed by atoms with E-state index in [0.717, 1.165) is 31.2 Å². The summed E-state index contributed by atoms with van der Waals surface area (Å²) in [7, 11) is -0.423. The third-order valence-electron chi connectivity index (χ3n) is 5.48. The Hall–Kier alpha value is -2.58. The SMILES string of the molecule is COc1ccc(OC)c(NC(=O)CCc2ccc(S(=O)(=O)NC3CCCCC3)cc2)c1. The largest absolute Gasteiger partial charge is 0.497 e. The van der Waals surface area contributed by atoms with Gasteiger partial charge < -0.3 is 14.8 Å². The summed E-state index contributed by atoms with van der Waals surface area (Å²) in [4.78, 5) is 12.6. The molecule has 31 heavy (non-hydrogen) atoms. The lowest BCUT2D eigenvalue weighted by molar-refractivity contribution is -0.116. The number of methoxy groups -OCH3 is 2. The van der Waals surface area contributed by atoms with Crippen LogP contribution in [0.2, 0.25) is 0 Å². The molecule has 0 aromatic heterocycles. The molecule has 1 aliphatic carbocycles. The molecule has 0 radical (unpaired) electrons. The molecule has 0 saturated heterocycles. The number of sulfonamides is 1. The van der Waals surface area contributed by atoms with Crippen molar-refractivity contribution >= 4 is 21.6 Å². The van der Waals surface area contributed by atoms with Crippen molar-refractivity contribution in [3.8, 4) is 11.5 Å². The predicted octanol–water partition coefficient (Wildman–Crippen LogP) is 3.89. The maximum absolute atomic E-state index is 12.6. The fourth-order valence-corrected chi connectivity index (χ4v) is 5.03. The van der Waals surface area contributed by atoms with Crippen molar-refractivity contribution in [2.24, 2.45) is 0 Å². The normalized spacial score (nSPS) is 14.8. The Morgan fingerprint density at radius 3 is 2.35 bits per heavy atom. The maximum Gasteiger partial charge on any atom is 0.240 e. The molecule has 7 nitrogen and oxygen atoms in total. The molecule has 1 amide bonds. The molecule has 3 rings (SSSR count). The summed E-state index contributed by atoms with van der Waals surface area (Å²) in [5, 5.41) is 2.84. The summed E-state index contributed by atoms with van der Waals surface area (Å²) in [6.07, 6.45) is 5.84. The van der Waals surface area contributed by atoms with Crippen LogP contribution in [0.4, 0.5) is 5.69 Å². The van der Waals surface area contributed by atoms with E-state index in [1.807, 2.05) is 0 Å². The van der Waals surface area contributed by atoms with Gasteiger partial charge in [-0.25, -0.2) is 13.1 Å². The number of benzene rings is 2. The molecule has 0 aliphatic heterocycles. The van der Waals surface area contributed by atoms with Gasteiger partial charge in [0.05, 0.1) is 24.8 Å². The zero-order valence-corrected chi connectivity index (χ0v) is 18.8. The van der Waals surface area contributed by atoms with Crippen molar-refractivity contribution in [2.45, 2.75) is 55.9 Å². The van der Waals surface area contributed by atoms with Gasteiger partial charge in [-0.3, -0.25) is 4.79 Å². The zero-order chi connectivity index (χ0) is 22.3. The van der Waals surface area contributed by atoms with Gasteiger partial charge in [-0.15, -0.1) is 0 Å². The van der Waals surface area contributed by atoms with Crippen molar-refractivity contribution in [3.63, 3.8) is 0 Å². The van der Waals surface area contributed by atoms with Crippen LogP contribution < -0.4 is 19.5 Å². The molecule has 1 aliphatic rings. The number of anilines is 1. The molecular weight excluding hydrogens is 416 g/mol. The monoisotopic (exact) mass is 446 g/mol. The van der Waals surface area contributed by atoms with Crippen LogP contribution in [0.3, 0.4) is 0 Å². The highest BCUT2D eigenvalue weighted by Gasteiger charge is 2.21. The van der Waals surface area contributed by atoms with E-state index in [2.05, 4.69) is 10.0 Å². The Balaban J connectivity index is 1.56. The highest BCUT2D eigenvalue weighted by atomic mass is 32.2. The predicted molar refractivity (Wildman–Crippen MR) is 120 cm³/mol. The number of rotatable bonds is 9. The minimum atomic E-state index is -3.52. The van der Waals surface area contributed by atoms with Crippen LogP contribution in [-0.4, -0.2) is 34.6 Å². The summed E-state index contributed by atoms with van der Waals surface area (Å²) in [5.74, 6) is 1.01. The number of aryl methyl sites for hydroxylation is 1. The molecule has 2 N–H and O–H groups in total. The van der Waals surface area contributed by atoms with Crippen molar-refractivity contribution in [2.75, 3.05) is 19.5 Å². The molecule has 2 aromatic rings. The number of hydrogen-bond acceptors (Lipinski definition) is 5. The van der Waals surface area contributed by atoms with Gasteiger partial charge in [0.15, 0.2) is 0 Å². The Kier molecular flexibility index (Phi) is 7.92. The molecule has 0 unspecified atom stereocenters. The third-order valence-corrected chi connectivity index (χ3v) is 7.02. The van der Waals surface area contributed by atoms with Gasteiger partial charge in [0.25, 0.3) is 0 Å². The molecular formula is C23H30N2O5S. The molecule has 0 heterocycles. The second-order valence-corrected chi connectivity index (χ2v) is 9.43. The zero-order valence-electron chi connectivity index (χ0n) is 18.0. The number of amides is 1. The second-order valence-electron chi connectivity index (χ2n) is 7.71. The van der Waals surface area contributed by atoms with Crippen molar-refractivity contribution in [1.29, 1.82) is 0 Å². The Bertz CT molecular complexity index is 984. The van der Waals surface area contributed by atoms with Crippen molar-refractivity contribution in [1.82, 2.24) is 4.72 Å². The molecule has 168 valence electrons. The molecule has 0 spiro atoms. The first-order valence-corrected chi connectivity index (χ1v) is 12.0. The van der Waals surface area contributed by atoms with Crippen molar-refractivity contribution < 1.29 is 22.7 Å². The van der Waals surface area contributed by atoms with Crippen LogP contribution in [0.25, 0.3) is 0 Å². The van der Waals surface area contributed by atoms with E-state index < -0.39 is 10.0 Å². The summed E-state index contributed by atoms with van der Waals surface area (Å²) in [6.45, 7) is 0. The number of carbonyl (C=O) groups excluding carboxylic acids is 1. The highest BCUT2D eigenvalue weighted by Crippen LogP contribution is 2.29. The van der Waals surface area contributed by atoms with Gasteiger partial charge in [-0.1, -0.05) is 31.4 Å². The van der Waals surface area contributed by atoms with Crippen LogP contribution in [0.15, 0.2) is 47.4 Å². The van der Waals surface area contributed by atoms with Gasteiger partial charge in [0, 0.05) is 18.5 Å². The number of carbonyl (C=O) groups is 1. The van der Waals surface area contributed by atoms with E-state index in [1.165, 1.54) is 13.5 Å². The van der Waals surface area contributed by atoms with Gasteiger partial charge in [0.2, 0.25) is 15.9 Å². The highest BCUT2D eigenvalue weighted by molar-refractivity contribution is 7.89. The Morgan fingerprint density at radius 1 is 1.00 bits per heavy atom. The van der Waals surface area contributed by atoms with Crippen LogP contribution in [-0.2, 0) is 21.2 Å². The minimum absolute atomic E-state index is 0.0238.